The Morgan fingerprint density at radius 3 is 2.84 bits per heavy atom. The summed E-state index contributed by atoms with van der Waals surface area (Å²) < 4.78 is 0. The molecule has 1 nitrogen and oxygen atoms in total. The fourth-order valence-corrected chi connectivity index (χ4v) is 4.61. The van der Waals surface area contributed by atoms with Gasteiger partial charge < -0.3 is 4.90 Å². The van der Waals surface area contributed by atoms with Gasteiger partial charge in [-0.2, -0.15) is 0 Å². The van der Waals surface area contributed by atoms with Crippen LogP contribution in [0.4, 0.5) is 0 Å². The van der Waals surface area contributed by atoms with Crippen molar-refractivity contribution < 1.29 is 0 Å². The van der Waals surface area contributed by atoms with Crippen LogP contribution >= 0.6 is 0 Å². The Kier molecular flexibility index (Phi) is 4.12. The zero-order valence-electron chi connectivity index (χ0n) is 12.7. The Bertz CT molecular complexity index is 377. The first kappa shape index (κ1) is 13.4. The summed E-state index contributed by atoms with van der Waals surface area (Å²) in [4.78, 5) is 2.33. The quantitative estimate of drug-likeness (QED) is 0.676. The highest BCUT2D eigenvalue weighted by Crippen LogP contribution is 2.51. The molecule has 3 aliphatic rings. The summed E-state index contributed by atoms with van der Waals surface area (Å²) in [5.74, 6) is 3.01. The molecule has 0 heterocycles. The summed E-state index contributed by atoms with van der Waals surface area (Å²) in [5, 5.41) is 0. The minimum atomic E-state index is 0.970. The van der Waals surface area contributed by atoms with Gasteiger partial charge >= 0.3 is 0 Å². The Labute approximate surface area is 118 Å². The molecule has 3 rings (SSSR count). The number of hydrogen-bond acceptors (Lipinski definition) is 1. The van der Waals surface area contributed by atoms with Crippen LogP contribution in [0.2, 0.25) is 0 Å². The fourth-order valence-electron chi connectivity index (χ4n) is 4.61. The maximum Gasteiger partial charge on any atom is -0.00247 e. The lowest BCUT2D eigenvalue weighted by Crippen LogP contribution is -2.24. The van der Waals surface area contributed by atoms with Gasteiger partial charge in [-0.25, -0.2) is 0 Å². The Morgan fingerprint density at radius 2 is 2.00 bits per heavy atom. The summed E-state index contributed by atoms with van der Waals surface area (Å²) >= 11 is 0. The van der Waals surface area contributed by atoms with E-state index in [2.05, 4.69) is 31.1 Å². The molecule has 0 saturated heterocycles. The average molecular weight is 259 g/mol. The third-order valence-electron chi connectivity index (χ3n) is 5.60. The van der Waals surface area contributed by atoms with Crippen LogP contribution in [0.15, 0.2) is 23.3 Å². The lowest BCUT2D eigenvalue weighted by Gasteiger charge is -2.34. The van der Waals surface area contributed by atoms with Gasteiger partial charge in [0.2, 0.25) is 0 Å². The van der Waals surface area contributed by atoms with E-state index < -0.39 is 0 Å². The molecule has 0 aliphatic heterocycles. The monoisotopic (exact) mass is 259 g/mol. The molecule has 0 amide bonds. The highest BCUT2D eigenvalue weighted by molar-refractivity contribution is 5.32. The van der Waals surface area contributed by atoms with Gasteiger partial charge in [0.25, 0.3) is 0 Å². The maximum absolute atomic E-state index is 2.41. The predicted molar refractivity (Wildman–Crippen MR) is 82.1 cm³/mol. The van der Waals surface area contributed by atoms with Crippen LogP contribution in [0, 0.1) is 17.8 Å². The van der Waals surface area contributed by atoms with Crippen LogP contribution in [-0.4, -0.2) is 25.5 Å². The van der Waals surface area contributed by atoms with Crippen molar-refractivity contribution in [2.24, 2.45) is 17.8 Å². The topological polar surface area (TPSA) is 3.24 Å². The van der Waals surface area contributed by atoms with E-state index in [9.17, 15) is 0 Å². The van der Waals surface area contributed by atoms with Crippen molar-refractivity contribution in [2.75, 3.05) is 20.6 Å². The van der Waals surface area contributed by atoms with E-state index in [4.69, 9.17) is 0 Å². The molecule has 0 aromatic carbocycles. The zero-order chi connectivity index (χ0) is 13.2. The number of allylic oxidation sites excluding steroid dienone is 4. The third-order valence-corrected chi connectivity index (χ3v) is 5.60. The first-order chi connectivity index (χ1) is 9.24. The molecule has 0 radical (unpaired) electrons. The van der Waals surface area contributed by atoms with E-state index in [0.717, 1.165) is 17.8 Å². The van der Waals surface area contributed by atoms with E-state index in [1.165, 1.54) is 57.9 Å². The second-order valence-electron chi connectivity index (χ2n) is 7.20. The minimum Gasteiger partial charge on any atom is -0.309 e. The van der Waals surface area contributed by atoms with E-state index in [-0.39, 0.29) is 0 Å². The minimum absolute atomic E-state index is 0.970. The number of fused-ring (bicyclic) bond motifs is 2. The Balaban J connectivity index is 1.55. The SMILES string of the molecule is CN(C)CCCC1CCC2CC3=C(CC=CC3)C2C1. The van der Waals surface area contributed by atoms with Crippen molar-refractivity contribution in [3.63, 3.8) is 0 Å². The predicted octanol–water partition coefficient (Wildman–Crippen LogP) is 4.41. The second kappa shape index (κ2) is 5.83. The summed E-state index contributed by atoms with van der Waals surface area (Å²) in [5.41, 5.74) is 3.69. The zero-order valence-corrected chi connectivity index (χ0v) is 12.7. The van der Waals surface area contributed by atoms with Gasteiger partial charge in [0.15, 0.2) is 0 Å². The van der Waals surface area contributed by atoms with Crippen LogP contribution in [0.3, 0.4) is 0 Å². The molecule has 0 N–H and O–H groups in total. The lowest BCUT2D eigenvalue weighted by atomic mass is 9.72. The molecule has 3 unspecified atom stereocenters. The van der Waals surface area contributed by atoms with Crippen LogP contribution in [0.5, 0.6) is 0 Å². The molecule has 3 atom stereocenters. The average Bonchev–Trinajstić information content (AvgIpc) is 2.76. The molecular weight excluding hydrogens is 230 g/mol. The van der Waals surface area contributed by atoms with Crippen LogP contribution in [0.25, 0.3) is 0 Å². The molecule has 0 bridgehead atoms. The molecule has 0 aromatic heterocycles. The molecular formula is C18H29N. The smallest absolute Gasteiger partial charge is 0.00247 e. The molecule has 3 aliphatic carbocycles. The standard InChI is InChI=1S/C18H29N/c1-19(2)11-5-6-14-9-10-16-13-15-7-3-4-8-17(15)18(16)12-14/h3-4,14,16,18H,5-13H2,1-2H3. The van der Waals surface area contributed by atoms with Crippen LogP contribution in [0.1, 0.15) is 51.4 Å². The van der Waals surface area contributed by atoms with Gasteiger partial charge in [-0.3, -0.25) is 0 Å². The van der Waals surface area contributed by atoms with Crippen molar-refractivity contribution in [3.8, 4) is 0 Å². The van der Waals surface area contributed by atoms with E-state index >= 15 is 0 Å². The van der Waals surface area contributed by atoms with Gasteiger partial charge in [-0.05, 0) is 83.3 Å². The van der Waals surface area contributed by atoms with Crippen LogP contribution in [-0.2, 0) is 0 Å². The molecule has 0 spiro atoms. The summed E-state index contributed by atoms with van der Waals surface area (Å²) in [7, 11) is 4.39. The second-order valence-corrected chi connectivity index (χ2v) is 7.20. The summed E-state index contributed by atoms with van der Waals surface area (Å²) in [6, 6.07) is 0. The number of hydrogen-bond donors (Lipinski definition) is 0. The van der Waals surface area contributed by atoms with Gasteiger partial charge in [0, 0.05) is 0 Å². The molecule has 0 aromatic rings. The molecule has 1 heteroatoms. The van der Waals surface area contributed by atoms with Crippen molar-refractivity contribution in [1.29, 1.82) is 0 Å². The lowest BCUT2D eigenvalue weighted by molar-refractivity contribution is 0.205. The highest BCUT2D eigenvalue weighted by atomic mass is 15.0. The van der Waals surface area contributed by atoms with E-state index in [0.29, 0.717) is 0 Å². The number of rotatable bonds is 4. The Morgan fingerprint density at radius 1 is 1.16 bits per heavy atom. The van der Waals surface area contributed by atoms with Crippen molar-refractivity contribution in [1.82, 2.24) is 4.90 Å². The van der Waals surface area contributed by atoms with E-state index in [1.807, 2.05) is 11.1 Å². The summed E-state index contributed by atoms with van der Waals surface area (Å²) in [6.45, 7) is 1.27. The molecule has 1 fully saturated rings. The Hall–Kier alpha value is -0.560. The first-order valence-corrected chi connectivity index (χ1v) is 8.24. The first-order valence-electron chi connectivity index (χ1n) is 8.24. The van der Waals surface area contributed by atoms with E-state index in [1.54, 1.807) is 0 Å². The number of nitrogens with zero attached hydrogens (tertiary/aromatic N) is 1. The molecule has 1 saturated carbocycles. The van der Waals surface area contributed by atoms with Gasteiger partial charge in [0.05, 0.1) is 0 Å². The summed E-state index contributed by atoms with van der Waals surface area (Å²) in [6.07, 6.45) is 16.2. The normalized spacial score (nSPS) is 33.7. The molecule has 19 heavy (non-hydrogen) atoms. The van der Waals surface area contributed by atoms with Crippen molar-refractivity contribution >= 4 is 0 Å². The van der Waals surface area contributed by atoms with Crippen molar-refractivity contribution in [3.05, 3.63) is 23.3 Å². The van der Waals surface area contributed by atoms with Crippen molar-refractivity contribution in [2.45, 2.75) is 51.4 Å². The fraction of sp³-hybridized carbons (Fsp3) is 0.778. The largest absolute Gasteiger partial charge is 0.309 e. The van der Waals surface area contributed by atoms with Gasteiger partial charge in [0.1, 0.15) is 0 Å². The third kappa shape index (κ3) is 2.97. The van der Waals surface area contributed by atoms with Gasteiger partial charge in [-0.15, -0.1) is 0 Å². The maximum atomic E-state index is 2.41. The molecule has 106 valence electrons. The highest BCUT2D eigenvalue weighted by Gasteiger charge is 2.38. The van der Waals surface area contributed by atoms with Crippen LogP contribution < -0.4 is 0 Å². The van der Waals surface area contributed by atoms with Gasteiger partial charge in [-0.1, -0.05) is 29.7 Å².